The Balaban J connectivity index is 2.25. The van der Waals surface area contributed by atoms with Crippen LogP contribution in [0.3, 0.4) is 0 Å². The molecule has 0 amide bonds. The minimum Gasteiger partial charge on any atom is -0.478 e. The van der Waals surface area contributed by atoms with Gasteiger partial charge in [-0.2, -0.15) is 0 Å². The number of esters is 1. The standard InChI is InChI=1S/C23H16O4/c1-27-23(26)19-13-11-15-7-3-5-9-17(15)21(19)20-16-8-4-2-6-14(16)10-12-18(20)22(24)25/h2-13H,1H3,(H,24,25). The molecule has 0 bridgehead atoms. The predicted octanol–water partition coefficient (Wildman–Crippen LogP) is 5.14. The van der Waals surface area contributed by atoms with E-state index in [9.17, 15) is 14.7 Å². The molecule has 0 aliphatic heterocycles. The van der Waals surface area contributed by atoms with Gasteiger partial charge in [-0.3, -0.25) is 0 Å². The van der Waals surface area contributed by atoms with E-state index in [1.54, 1.807) is 18.2 Å². The summed E-state index contributed by atoms with van der Waals surface area (Å²) >= 11 is 0. The second-order valence-electron chi connectivity index (χ2n) is 6.22. The normalized spacial score (nSPS) is 10.9. The summed E-state index contributed by atoms with van der Waals surface area (Å²) in [4.78, 5) is 24.5. The molecule has 0 fully saturated rings. The molecule has 4 heteroatoms. The summed E-state index contributed by atoms with van der Waals surface area (Å²) in [7, 11) is 1.32. The Morgan fingerprint density at radius 3 is 1.70 bits per heavy atom. The Kier molecular flexibility index (Phi) is 4.09. The van der Waals surface area contributed by atoms with Crippen molar-refractivity contribution in [1.29, 1.82) is 0 Å². The fraction of sp³-hybridized carbons (Fsp3) is 0.0435. The number of carboxylic acids is 1. The molecule has 1 N–H and O–H groups in total. The van der Waals surface area contributed by atoms with Crippen LogP contribution in [0.4, 0.5) is 0 Å². The highest BCUT2D eigenvalue weighted by Crippen LogP contribution is 2.39. The number of ether oxygens (including phenoxy) is 1. The third-order valence-corrected chi connectivity index (χ3v) is 4.74. The topological polar surface area (TPSA) is 63.6 Å². The summed E-state index contributed by atoms with van der Waals surface area (Å²) in [5.74, 6) is -1.54. The third-order valence-electron chi connectivity index (χ3n) is 4.74. The molecule has 0 heterocycles. The molecule has 0 atom stereocenters. The SMILES string of the molecule is COC(=O)c1ccc2ccccc2c1-c1c(C(=O)O)ccc2ccccc12. The zero-order valence-electron chi connectivity index (χ0n) is 14.6. The van der Waals surface area contributed by atoms with Crippen molar-refractivity contribution < 1.29 is 19.4 Å². The van der Waals surface area contributed by atoms with Gasteiger partial charge in [0.1, 0.15) is 0 Å². The molecule has 4 aromatic rings. The van der Waals surface area contributed by atoms with Gasteiger partial charge in [0.2, 0.25) is 0 Å². The quantitative estimate of drug-likeness (QED) is 0.516. The van der Waals surface area contributed by atoms with Crippen molar-refractivity contribution in [2.45, 2.75) is 0 Å². The van der Waals surface area contributed by atoms with Crippen LogP contribution in [-0.2, 0) is 4.74 Å². The average molecular weight is 356 g/mol. The number of carbonyl (C=O) groups excluding carboxylic acids is 1. The summed E-state index contributed by atoms with van der Waals surface area (Å²) in [6, 6.07) is 22.1. The molecule has 0 radical (unpaired) electrons. The lowest BCUT2D eigenvalue weighted by Gasteiger charge is -2.16. The molecule has 0 aliphatic carbocycles. The summed E-state index contributed by atoms with van der Waals surface area (Å²) in [6.45, 7) is 0. The van der Waals surface area contributed by atoms with E-state index in [1.807, 2.05) is 54.6 Å². The van der Waals surface area contributed by atoms with E-state index in [1.165, 1.54) is 7.11 Å². The van der Waals surface area contributed by atoms with Crippen LogP contribution in [0.2, 0.25) is 0 Å². The molecular formula is C23H16O4. The van der Waals surface area contributed by atoms with Crippen LogP contribution in [0.15, 0.2) is 72.8 Å². The van der Waals surface area contributed by atoms with E-state index >= 15 is 0 Å². The van der Waals surface area contributed by atoms with Crippen LogP contribution in [-0.4, -0.2) is 24.2 Å². The highest BCUT2D eigenvalue weighted by molar-refractivity contribution is 6.17. The first-order chi connectivity index (χ1) is 13.1. The molecule has 0 unspecified atom stereocenters. The number of hydrogen-bond donors (Lipinski definition) is 1. The van der Waals surface area contributed by atoms with Gasteiger partial charge in [-0.05, 0) is 33.7 Å². The van der Waals surface area contributed by atoms with Gasteiger partial charge in [0.05, 0.1) is 18.2 Å². The Morgan fingerprint density at radius 1 is 0.704 bits per heavy atom. The maximum absolute atomic E-state index is 12.5. The highest BCUT2D eigenvalue weighted by atomic mass is 16.5. The van der Waals surface area contributed by atoms with Gasteiger partial charge in [-0.25, -0.2) is 9.59 Å². The van der Waals surface area contributed by atoms with Gasteiger partial charge in [0.25, 0.3) is 0 Å². The Labute approximate surface area is 155 Å². The lowest BCUT2D eigenvalue weighted by molar-refractivity contribution is 0.0600. The van der Waals surface area contributed by atoms with Crippen LogP contribution < -0.4 is 0 Å². The number of hydrogen-bond acceptors (Lipinski definition) is 3. The summed E-state index contributed by atoms with van der Waals surface area (Å²) in [6.07, 6.45) is 0. The van der Waals surface area contributed by atoms with Crippen LogP contribution in [0.5, 0.6) is 0 Å². The molecular weight excluding hydrogens is 340 g/mol. The summed E-state index contributed by atoms with van der Waals surface area (Å²) in [5, 5.41) is 13.2. The third kappa shape index (κ3) is 2.72. The van der Waals surface area contributed by atoms with Crippen molar-refractivity contribution in [1.82, 2.24) is 0 Å². The van der Waals surface area contributed by atoms with Gasteiger partial charge in [0.15, 0.2) is 0 Å². The monoisotopic (exact) mass is 356 g/mol. The molecule has 0 aromatic heterocycles. The Bertz CT molecular complexity index is 1210. The lowest BCUT2D eigenvalue weighted by atomic mass is 9.87. The fourth-order valence-electron chi connectivity index (χ4n) is 3.54. The average Bonchev–Trinajstić information content (AvgIpc) is 2.71. The van der Waals surface area contributed by atoms with Crippen molar-refractivity contribution in [2.75, 3.05) is 7.11 Å². The van der Waals surface area contributed by atoms with Gasteiger partial charge in [-0.15, -0.1) is 0 Å². The van der Waals surface area contributed by atoms with Crippen molar-refractivity contribution in [3.05, 3.63) is 83.9 Å². The fourth-order valence-corrected chi connectivity index (χ4v) is 3.54. The zero-order valence-corrected chi connectivity index (χ0v) is 14.6. The number of fused-ring (bicyclic) bond motifs is 2. The van der Waals surface area contributed by atoms with E-state index in [0.717, 1.165) is 21.5 Å². The zero-order chi connectivity index (χ0) is 19.0. The molecule has 0 saturated heterocycles. The molecule has 4 aromatic carbocycles. The van der Waals surface area contributed by atoms with Crippen LogP contribution in [0.1, 0.15) is 20.7 Å². The second kappa shape index (κ2) is 6.57. The maximum Gasteiger partial charge on any atom is 0.338 e. The Hall–Kier alpha value is -3.66. The van der Waals surface area contributed by atoms with Gasteiger partial charge in [-0.1, -0.05) is 60.7 Å². The minimum atomic E-state index is -1.04. The number of methoxy groups -OCH3 is 1. The van der Waals surface area contributed by atoms with Crippen LogP contribution >= 0.6 is 0 Å². The predicted molar refractivity (Wildman–Crippen MR) is 105 cm³/mol. The summed E-state index contributed by atoms with van der Waals surface area (Å²) < 4.78 is 4.97. The molecule has 0 aliphatic rings. The molecule has 4 nitrogen and oxygen atoms in total. The Morgan fingerprint density at radius 2 is 1.19 bits per heavy atom. The first-order valence-corrected chi connectivity index (χ1v) is 8.47. The van der Waals surface area contributed by atoms with Crippen molar-refractivity contribution in [2.24, 2.45) is 0 Å². The smallest absolute Gasteiger partial charge is 0.338 e. The largest absolute Gasteiger partial charge is 0.478 e. The van der Waals surface area contributed by atoms with Crippen molar-refractivity contribution in [3.8, 4) is 11.1 Å². The highest BCUT2D eigenvalue weighted by Gasteiger charge is 2.23. The molecule has 132 valence electrons. The lowest BCUT2D eigenvalue weighted by Crippen LogP contribution is -2.07. The number of aromatic carboxylic acids is 1. The van der Waals surface area contributed by atoms with Gasteiger partial charge < -0.3 is 9.84 Å². The van der Waals surface area contributed by atoms with Crippen molar-refractivity contribution in [3.63, 3.8) is 0 Å². The number of carboxylic acid groups (broad SMARTS) is 1. The van der Waals surface area contributed by atoms with Crippen LogP contribution in [0, 0.1) is 0 Å². The van der Waals surface area contributed by atoms with E-state index < -0.39 is 11.9 Å². The van der Waals surface area contributed by atoms with E-state index in [0.29, 0.717) is 16.7 Å². The summed E-state index contributed by atoms with van der Waals surface area (Å²) in [5.41, 5.74) is 1.59. The van der Waals surface area contributed by atoms with Gasteiger partial charge in [0, 0.05) is 11.1 Å². The molecule has 0 saturated carbocycles. The van der Waals surface area contributed by atoms with E-state index in [2.05, 4.69) is 0 Å². The number of benzene rings is 4. The van der Waals surface area contributed by atoms with Crippen molar-refractivity contribution >= 4 is 33.5 Å². The van der Waals surface area contributed by atoms with Gasteiger partial charge >= 0.3 is 11.9 Å². The second-order valence-corrected chi connectivity index (χ2v) is 6.22. The molecule has 4 rings (SSSR count). The number of carbonyl (C=O) groups is 2. The first-order valence-electron chi connectivity index (χ1n) is 8.47. The first kappa shape index (κ1) is 16.8. The minimum absolute atomic E-state index is 0.148. The molecule has 0 spiro atoms. The number of rotatable bonds is 3. The van der Waals surface area contributed by atoms with E-state index in [4.69, 9.17) is 4.74 Å². The molecule has 27 heavy (non-hydrogen) atoms. The van der Waals surface area contributed by atoms with Crippen LogP contribution in [0.25, 0.3) is 32.7 Å². The van der Waals surface area contributed by atoms with E-state index in [-0.39, 0.29) is 5.56 Å². The maximum atomic E-state index is 12.5.